The van der Waals surface area contributed by atoms with Crippen molar-refractivity contribution in [1.29, 1.82) is 0 Å². The van der Waals surface area contributed by atoms with Gasteiger partial charge in [-0.3, -0.25) is 0 Å². The Bertz CT molecular complexity index is 1120. The molecular formula is C32H43N. The van der Waals surface area contributed by atoms with Crippen molar-refractivity contribution in [2.24, 2.45) is 0 Å². The molecule has 0 aliphatic heterocycles. The van der Waals surface area contributed by atoms with Gasteiger partial charge in [-0.15, -0.1) is 0 Å². The fourth-order valence-electron chi connectivity index (χ4n) is 5.49. The number of nitrogens with one attached hydrogen (secondary N) is 1. The van der Waals surface area contributed by atoms with Crippen LogP contribution in [0.4, 0.5) is 0 Å². The maximum absolute atomic E-state index is 3.71. The third kappa shape index (κ3) is 6.40. The molecule has 176 valence electrons. The van der Waals surface area contributed by atoms with Gasteiger partial charge < -0.3 is 4.98 Å². The lowest BCUT2D eigenvalue weighted by molar-refractivity contribution is 0.535. The highest BCUT2D eigenvalue weighted by molar-refractivity contribution is 6.17. The lowest BCUT2D eigenvalue weighted by Gasteiger charge is -2.08. The minimum atomic E-state index is 1.18. The van der Waals surface area contributed by atoms with Crippen LogP contribution in [0, 0.1) is 0 Å². The summed E-state index contributed by atoms with van der Waals surface area (Å²) in [6, 6.07) is 20.1. The van der Waals surface area contributed by atoms with Gasteiger partial charge >= 0.3 is 0 Å². The highest BCUT2D eigenvalue weighted by Gasteiger charge is 2.10. The molecule has 1 heteroatoms. The van der Waals surface area contributed by atoms with E-state index in [4.69, 9.17) is 0 Å². The number of hydrogen-bond donors (Lipinski definition) is 1. The Morgan fingerprint density at radius 1 is 0.545 bits per heavy atom. The van der Waals surface area contributed by atoms with Gasteiger partial charge in [-0.1, -0.05) is 139 Å². The van der Waals surface area contributed by atoms with Crippen molar-refractivity contribution in [3.8, 4) is 0 Å². The molecule has 0 unspecified atom stereocenters. The molecule has 1 heterocycles. The number of aromatic amines is 1. The van der Waals surface area contributed by atoms with E-state index in [2.05, 4.69) is 66.5 Å². The van der Waals surface area contributed by atoms with E-state index >= 15 is 0 Å². The predicted octanol–water partition coefficient (Wildman–Crippen LogP) is 10.5. The quantitative estimate of drug-likeness (QED) is 0.177. The summed E-state index contributed by atoms with van der Waals surface area (Å²) in [4.78, 5) is 3.71. The second-order valence-electron chi connectivity index (χ2n) is 10.0. The molecule has 1 nitrogen and oxygen atoms in total. The number of rotatable bonds is 15. The maximum Gasteiger partial charge on any atom is 0.0547 e. The molecule has 0 fully saturated rings. The topological polar surface area (TPSA) is 15.8 Å². The van der Waals surface area contributed by atoms with Crippen molar-refractivity contribution in [2.45, 2.75) is 103 Å². The minimum absolute atomic E-state index is 1.18. The Morgan fingerprint density at radius 2 is 1.18 bits per heavy atom. The van der Waals surface area contributed by atoms with Crippen molar-refractivity contribution in [3.63, 3.8) is 0 Å². The number of para-hydroxylation sites is 1. The zero-order chi connectivity index (χ0) is 22.7. The normalized spacial score (nSPS) is 11.8. The molecule has 0 saturated carbocycles. The number of unbranched alkanes of at least 4 members (excludes halogenated alkanes) is 13. The van der Waals surface area contributed by atoms with Crippen molar-refractivity contribution < 1.29 is 0 Å². The molecule has 1 N–H and O–H groups in total. The van der Waals surface area contributed by atoms with Crippen LogP contribution in [0.2, 0.25) is 0 Å². The van der Waals surface area contributed by atoms with E-state index in [1.807, 2.05) is 0 Å². The number of benzene rings is 3. The summed E-state index contributed by atoms with van der Waals surface area (Å²) in [6.45, 7) is 2.30. The molecule has 0 bridgehead atoms. The molecule has 0 aliphatic carbocycles. The van der Waals surface area contributed by atoms with Crippen LogP contribution >= 0.6 is 0 Å². The molecule has 3 aromatic carbocycles. The Hall–Kier alpha value is -2.28. The van der Waals surface area contributed by atoms with Gasteiger partial charge in [0.1, 0.15) is 0 Å². The molecule has 1 aromatic heterocycles. The first-order chi connectivity index (χ1) is 16.4. The number of H-pyrrole nitrogens is 1. The molecule has 0 spiro atoms. The highest BCUT2D eigenvalue weighted by atomic mass is 14.7. The first kappa shape index (κ1) is 23.9. The highest BCUT2D eigenvalue weighted by Crippen LogP contribution is 2.33. The first-order valence-electron chi connectivity index (χ1n) is 13.8. The van der Waals surface area contributed by atoms with Crippen molar-refractivity contribution in [2.75, 3.05) is 0 Å². The molecule has 33 heavy (non-hydrogen) atoms. The van der Waals surface area contributed by atoms with Gasteiger partial charge in [0.25, 0.3) is 0 Å². The number of aromatic nitrogens is 1. The van der Waals surface area contributed by atoms with Gasteiger partial charge in [0, 0.05) is 21.7 Å². The lowest BCUT2D eigenvalue weighted by atomic mass is 9.97. The summed E-state index contributed by atoms with van der Waals surface area (Å²) >= 11 is 0. The molecule has 0 aliphatic rings. The Kier molecular flexibility index (Phi) is 9.27. The molecule has 0 radical (unpaired) electrons. The molecule has 0 saturated heterocycles. The summed E-state index contributed by atoms with van der Waals surface area (Å²) in [6.07, 6.45) is 21.0. The van der Waals surface area contributed by atoms with Crippen LogP contribution in [0.15, 0.2) is 54.6 Å². The zero-order valence-corrected chi connectivity index (χ0v) is 20.8. The SMILES string of the molecule is CCCCCCCCCCCCCCCCc1cccc2ccc3c4ccccc4[nH]c3c12. The number of aryl methyl sites for hydroxylation is 1. The predicted molar refractivity (Wildman–Crippen MR) is 147 cm³/mol. The van der Waals surface area contributed by atoms with Crippen LogP contribution in [-0.4, -0.2) is 4.98 Å². The van der Waals surface area contributed by atoms with Crippen LogP contribution in [-0.2, 0) is 6.42 Å². The fraction of sp³-hybridized carbons (Fsp3) is 0.500. The van der Waals surface area contributed by atoms with Crippen LogP contribution in [0.5, 0.6) is 0 Å². The number of fused-ring (bicyclic) bond motifs is 5. The second kappa shape index (κ2) is 12.8. The Labute approximate surface area is 201 Å². The maximum atomic E-state index is 3.71. The Balaban J connectivity index is 1.20. The van der Waals surface area contributed by atoms with E-state index in [0.29, 0.717) is 0 Å². The molecule has 0 atom stereocenters. The van der Waals surface area contributed by atoms with Gasteiger partial charge in [0.05, 0.1) is 5.52 Å². The van der Waals surface area contributed by atoms with Crippen LogP contribution < -0.4 is 0 Å². The van der Waals surface area contributed by atoms with Gasteiger partial charge in [-0.2, -0.15) is 0 Å². The Morgan fingerprint density at radius 3 is 1.88 bits per heavy atom. The minimum Gasteiger partial charge on any atom is -0.354 e. The first-order valence-corrected chi connectivity index (χ1v) is 13.8. The van der Waals surface area contributed by atoms with Gasteiger partial charge in [0.15, 0.2) is 0 Å². The summed E-state index contributed by atoms with van der Waals surface area (Å²) in [5, 5.41) is 5.48. The standard InChI is InChI=1S/C32H43N/c1-2-3-4-5-6-7-8-9-10-11-12-13-14-15-19-26-20-18-21-27-24-25-29-28-22-16-17-23-30(28)33-32(29)31(26)27/h16-18,20-25,33H,2-15,19H2,1H3. The third-order valence-corrected chi connectivity index (χ3v) is 7.41. The zero-order valence-electron chi connectivity index (χ0n) is 20.8. The summed E-state index contributed by atoms with van der Waals surface area (Å²) < 4.78 is 0. The lowest BCUT2D eigenvalue weighted by Crippen LogP contribution is -1.90. The molecular weight excluding hydrogens is 398 g/mol. The monoisotopic (exact) mass is 441 g/mol. The smallest absolute Gasteiger partial charge is 0.0547 e. The van der Waals surface area contributed by atoms with E-state index in [0.717, 1.165) is 0 Å². The van der Waals surface area contributed by atoms with Crippen molar-refractivity contribution >= 4 is 32.6 Å². The van der Waals surface area contributed by atoms with E-state index in [1.165, 1.54) is 134 Å². The average Bonchev–Trinajstić information content (AvgIpc) is 3.23. The summed E-state index contributed by atoms with van der Waals surface area (Å²) in [5.74, 6) is 0. The molecule has 4 rings (SSSR count). The van der Waals surface area contributed by atoms with Gasteiger partial charge in [0.2, 0.25) is 0 Å². The molecule has 0 amide bonds. The molecule has 4 aromatic rings. The van der Waals surface area contributed by atoms with Gasteiger partial charge in [-0.05, 0) is 29.9 Å². The van der Waals surface area contributed by atoms with E-state index in [-0.39, 0.29) is 0 Å². The van der Waals surface area contributed by atoms with Crippen molar-refractivity contribution in [1.82, 2.24) is 4.98 Å². The second-order valence-corrected chi connectivity index (χ2v) is 10.0. The van der Waals surface area contributed by atoms with E-state index in [9.17, 15) is 0 Å². The fourth-order valence-corrected chi connectivity index (χ4v) is 5.49. The third-order valence-electron chi connectivity index (χ3n) is 7.41. The summed E-state index contributed by atoms with van der Waals surface area (Å²) in [5.41, 5.74) is 4.06. The van der Waals surface area contributed by atoms with Crippen molar-refractivity contribution in [3.05, 3.63) is 60.2 Å². The van der Waals surface area contributed by atoms with Gasteiger partial charge in [-0.25, -0.2) is 0 Å². The van der Waals surface area contributed by atoms with Crippen LogP contribution in [0.1, 0.15) is 102 Å². The van der Waals surface area contributed by atoms with E-state index < -0.39 is 0 Å². The average molecular weight is 442 g/mol. The summed E-state index contributed by atoms with van der Waals surface area (Å²) in [7, 11) is 0. The number of hydrogen-bond acceptors (Lipinski definition) is 0. The largest absolute Gasteiger partial charge is 0.354 e. The van der Waals surface area contributed by atoms with E-state index in [1.54, 1.807) is 0 Å². The van der Waals surface area contributed by atoms with Crippen LogP contribution in [0.25, 0.3) is 32.6 Å². The van der Waals surface area contributed by atoms with Crippen LogP contribution in [0.3, 0.4) is 0 Å².